The number of nitrogens with zero attached hydrogens (tertiary/aromatic N) is 2. The first-order chi connectivity index (χ1) is 8.45. The molecule has 3 nitrogen and oxygen atoms in total. The van der Waals surface area contributed by atoms with Gasteiger partial charge in [0.15, 0.2) is 0 Å². The van der Waals surface area contributed by atoms with Crippen LogP contribution in [0.5, 0.6) is 0 Å². The van der Waals surface area contributed by atoms with Crippen LogP contribution in [0.4, 0.5) is 0 Å². The molecule has 0 aliphatic heterocycles. The number of aromatic nitrogens is 2. The van der Waals surface area contributed by atoms with Gasteiger partial charge >= 0.3 is 0 Å². The van der Waals surface area contributed by atoms with Gasteiger partial charge in [-0.2, -0.15) is 5.10 Å². The van der Waals surface area contributed by atoms with Crippen LogP contribution in [0.2, 0.25) is 5.15 Å². The van der Waals surface area contributed by atoms with Crippen molar-refractivity contribution in [3.63, 3.8) is 0 Å². The predicted molar refractivity (Wildman–Crippen MR) is 76.1 cm³/mol. The Labute approximate surface area is 115 Å². The molecular weight excluding hydrogens is 246 g/mol. The number of hydrogen-bond donors (Lipinski definition) is 1. The quantitative estimate of drug-likeness (QED) is 0.860. The molecule has 0 bridgehead atoms. The number of aryl methyl sites for hydroxylation is 2. The Balaban J connectivity index is 2.07. The van der Waals surface area contributed by atoms with Crippen molar-refractivity contribution in [2.45, 2.75) is 52.5 Å². The third-order valence-corrected chi connectivity index (χ3v) is 4.59. The summed E-state index contributed by atoms with van der Waals surface area (Å²) in [6.07, 6.45) is 4.83. The summed E-state index contributed by atoms with van der Waals surface area (Å²) in [7, 11) is 1.91. The highest BCUT2D eigenvalue weighted by molar-refractivity contribution is 6.30. The highest BCUT2D eigenvalue weighted by Crippen LogP contribution is 2.32. The van der Waals surface area contributed by atoms with Gasteiger partial charge in [0.25, 0.3) is 0 Å². The number of rotatable bonds is 6. The Kier molecular flexibility index (Phi) is 4.02. The molecule has 1 aromatic heterocycles. The molecule has 1 aromatic rings. The van der Waals surface area contributed by atoms with E-state index < -0.39 is 0 Å². The third kappa shape index (κ3) is 3.07. The Bertz CT molecular complexity index is 423. The molecule has 1 heterocycles. The molecule has 1 aliphatic rings. The van der Waals surface area contributed by atoms with Crippen LogP contribution >= 0.6 is 11.6 Å². The van der Waals surface area contributed by atoms with Gasteiger partial charge in [0, 0.05) is 25.2 Å². The van der Waals surface area contributed by atoms with Gasteiger partial charge in [-0.1, -0.05) is 25.4 Å². The highest BCUT2D eigenvalue weighted by atomic mass is 35.5. The molecule has 0 radical (unpaired) electrons. The van der Waals surface area contributed by atoms with E-state index in [1.54, 1.807) is 4.68 Å². The standard InChI is InChI=1S/C14H24ClN3/c1-5-14(3,9-16-11-6-7-11)8-12-10(2)17-18(4)13(12)15/h11,16H,5-9H2,1-4H3. The summed E-state index contributed by atoms with van der Waals surface area (Å²) in [5, 5.41) is 8.84. The molecule has 102 valence electrons. The maximum atomic E-state index is 6.33. The van der Waals surface area contributed by atoms with Crippen LogP contribution in [-0.4, -0.2) is 22.4 Å². The van der Waals surface area contributed by atoms with E-state index in [4.69, 9.17) is 11.6 Å². The van der Waals surface area contributed by atoms with Crippen LogP contribution in [0.25, 0.3) is 0 Å². The molecule has 1 N–H and O–H groups in total. The summed E-state index contributed by atoms with van der Waals surface area (Å²) >= 11 is 6.33. The van der Waals surface area contributed by atoms with Crippen molar-refractivity contribution in [3.8, 4) is 0 Å². The maximum absolute atomic E-state index is 6.33. The monoisotopic (exact) mass is 269 g/mol. The van der Waals surface area contributed by atoms with Gasteiger partial charge in [0.05, 0.1) is 5.69 Å². The van der Waals surface area contributed by atoms with Crippen molar-refractivity contribution in [1.82, 2.24) is 15.1 Å². The highest BCUT2D eigenvalue weighted by Gasteiger charge is 2.29. The normalized spacial score (nSPS) is 18.9. The molecule has 2 rings (SSSR count). The lowest BCUT2D eigenvalue weighted by Gasteiger charge is -2.29. The SMILES string of the molecule is CCC(C)(CNC1CC1)Cc1c(C)nn(C)c1Cl. The molecule has 4 heteroatoms. The van der Waals surface area contributed by atoms with Crippen LogP contribution in [0.3, 0.4) is 0 Å². The van der Waals surface area contributed by atoms with E-state index >= 15 is 0 Å². The summed E-state index contributed by atoms with van der Waals surface area (Å²) in [6.45, 7) is 7.71. The lowest BCUT2D eigenvalue weighted by Crippen LogP contribution is -2.34. The van der Waals surface area contributed by atoms with Gasteiger partial charge < -0.3 is 5.32 Å². The van der Waals surface area contributed by atoms with Crippen molar-refractivity contribution >= 4 is 11.6 Å². The minimum Gasteiger partial charge on any atom is -0.313 e. The Hall–Kier alpha value is -0.540. The lowest BCUT2D eigenvalue weighted by atomic mass is 9.81. The van der Waals surface area contributed by atoms with Crippen molar-refractivity contribution < 1.29 is 0 Å². The van der Waals surface area contributed by atoms with Crippen LogP contribution in [0.15, 0.2) is 0 Å². The summed E-state index contributed by atoms with van der Waals surface area (Å²) in [4.78, 5) is 0. The van der Waals surface area contributed by atoms with Crippen LogP contribution in [0, 0.1) is 12.3 Å². The molecule has 0 amide bonds. The zero-order chi connectivity index (χ0) is 13.3. The van der Waals surface area contributed by atoms with Gasteiger partial charge in [-0.3, -0.25) is 4.68 Å². The summed E-state index contributed by atoms with van der Waals surface area (Å²) in [5.74, 6) is 0. The smallest absolute Gasteiger partial charge is 0.130 e. The number of halogens is 1. The average Bonchev–Trinajstić information content (AvgIpc) is 3.13. The maximum Gasteiger partial charge on any atom is 0.130 e. The summed E-state index contributed by atoms with van der Waals surface area (Å²) in [5.41, 5.74) is 2.54. The van der Waals surface area contributed by atoms with E-state index in [0.29, 0.717) is 0 Å². The second-order valence-electron chi connectivity index (χ2n) is 5.97. The fourth-order valence-corrected chi connectivity index (χ4v) is 2.53. The third-order valence-electron chi connectivity index (χ3n) is 4.12. The van der Waals surface area contributed by atoms with Gasteiger partial charge in [-0.05, 0) is 38.0 Å². The largest absolute Gasteiger partial charge is 0.313 e. The molecule has 1 fully saturated rings. The molecule has 1 atom stereocenters. The van der Waals surface area contributed by atoms with E-state index in [-0.39, 0.29) is 5.41 Å². The molecule has 1 saturated carbocycles. The fourth-order valence-electron chi connectivity index (χ4n) is 2.29. The van der Waals surface area contributed by atoms with E-state index in [0.717, 1.165) is 36.3 Å². The first kappa shape index (κ1) is 13.9. The van der Waals surface area contributed by atoms with E-state index in [1.807, 2.05) is 14.0 Å². The first-order valence-electron chi connectivity index (χ1n) is 6.86. The van der Waals surface area contributed by atoms with Crippen molar-refractivity contribution in [1.29, 1.82) is 0 Å². The Morgan fingerprint density at radius 2 is 2.17 bits per heavy atom. The van der Waals surface area contributed by atoms with Crippen LogP contribution in [-0.2, 0) is 13.5 Å². The summed E-state index contributed by atoms with van der Waals surface area (Å²) < 4.78 is 1.77. The number of hydrogen-bond acceptors (Lipinski definition) is 2. The van der Waals surface area contributed by atoms with Crippen LogP contribution in [0.1, 0.15) is 44.4 Å². The zero-order valence-corrected chi connectivity index (χ0v) is 12.6. The van der Waals surface area contributed by atoms with Gasteiger partial charge in [-0.25, -0.2) is 0 Å². The molecule has 18 heavy (non-hydrogen) atoms. The van der Waals surface area contributed by atoms with Crippen LogP contribution < -0.4 is 5.32 Å². The fraction of sp³-hybridized carbons (Fsp3) is 0.786. The predicted octanol–water partition coefficient (Wildman–Crippen LogP) is 3.09. The summed E-state index contributed by atoms with van der Waals surface area (Å²) in [6, 6.07) is 0.765. The molecule has 1 aliphatic carbocycles. The second kappa shape index (κ2) is 5.22. The van der Waals surface area contributed by atoms with Crippen molar-refractivity contribution in [2.75, 3.05) is 6.54 Å². The van der Waals surface area contributed by atoms with Gasteiger partial charge in [-0.15, -0.1) is 0 Å². The van der Waals surface area contributed by atoms with Gasteiger partial charge in [0.2, 0.25) is 0 Å². The Morgan fingerprint density at radius 3 is 2.61 bits per heavy atom. The average molecular weight is 270 g/mol. The van der Waals surface area contributed by atoms with Crippen molar-refractivity contribution in [3.05, 3.63) is 16.4 Å². The zero-order valence-electron chi connectivity index (χ0n) is 11.9. The van der Waals surface area contributed by atoms with Crippen molar-refractivity contribution in [2.24, 2.45) is 12.5 Å². The molecule has 0 aromatic carbocycles. The minimum absolute atomic E-state index is 0.264. The molecule has 0 saturated heterocycles. The first-order valence-corrected chi connectivity index (χ1v) is 7.24. The van der Waals surface area contributed by atoms with E-state index in [9.17, 15) is 0 Å². The number of nitrogens with one attached hydrogen (secondary N) is 1. The van der Waals surface area contributed by atoms with E-state index in [1.165, 1.54) is 18.4 Å². The lowest BCUT2D eigenvalue weighted by molar-refractivity contribution is 0.289. The molecule has 0 spiro atoms. The van der Waals surface area contributed by atoms with E-state index in [2.05, 4.69) is 24.3 Å². The van der Waals surface area contributed by atoms with Gasteiger partial charge in [0.1, 0.15) is 5.15 Å². The topological polar surface area (TPSA) is 29.9 Å². The molecule has 1 unspecified atom stereocenters. The Morgan fingerprint density at radius 1 is 1.50 bits per heavy atom. The minimum atomic E-state index is 0.264. The second-order valence-corrected chi connectivity index (χ2v) is 6.33. The molecular formula is C14H24ClN3.